The fourth-order valence-electron chi connectivity index (χ4n) is 4.50. The van der Waals surface area contributed by atoms with Crippen LogP contribution in [0.4, 0.5) is 11.4 Å². The highest BCUT2D eigenvalue weighted by molar-refractivity contribution is 5.89. The molecule has 2 aromatic carbocycles. The van der Waals surface area contributed by atoms with E-state index in [9.17, 15) is 14.9 Å². The Morgan fingerprint density at radius 1 is 1.25 bits per heavy atom. The third-order valence-electron chi connectivity index (χ3n) is 6.04. The van der Waals surface area contributed by atoms with E-state index in [1.54, 1.807) is 18.2 Å². The minimum absolute atomic E-state index is 0.0694. The van der Waals surface area contributed by atoms with Crippen LogP contribution in [0, 0.1) is 29.9 Å². The lowest BCUT2D eigenvalue weighted by Gasteiger charge is -2.38. The summed E-state index contributed by atoms with van der Waals surface area (Å²) >= 11 is 0. The molecule has 0 fully saturated rings. The van der Waals surface area contributed by atoms with Crippen LogP contribution in [-0.4, -0.2) is 18.0 Å². The van der Waals surface area contributed by atoms with Gasteiger partial charge in [-0.2, -0.15) is 0 Å². The molecule has 2 unspecified atom stereocenters. The number of allylic oxidation sites excluding steroid dienone is 2. The number of nitro groups is 1. The number of methoxy groups -OCH3 is 1. The van der Waals surface area contributed by atoms with Gasteiger partial charge in [0.05, 0.1) is 23.6 Å². The van der Waals surface area contributed by atoms with Crippen LogP contribution in [0.25, 0.3) is 0 Å². The number of nitro benzene ring substituents is 1. The number of hydrogen-bond acceptors (Lipinski definition) is 5. The molecule has 0 amide bonds. The molecule has 1 aliphatic carbocycles. The van der Waals surface area contributed by atoms with Gasteiger partial charge in [-0.05, 0) is 60.6 Å². The maximum atomic E-state index is 11.7. The lowest BCUT2D eigenvalue weighted by atomic mass is 9.74. The fraction of sp³-hybridized carbons (Fsp3) is 0.318. The van der Waals surface area contributed by atoms with Crippen molar-refractivity contribution in [3.05, 3.63) is 80.4 Å². The average molecular weight is 378 g/mol. The Hall–Kier alpha value is -3.15. The molecular weight excluding hydrogens is 356 g/mol. The number of carbonyl (C=O) groups excluding carboxylic acids is 1. The zero-order valence-electron chi connectivity index (χ0n) is 16.1. The summed E-state index contributed by atoms with van der Waals surface area (Å²) in [7, 11) is 1.36. The first-order valence-corrected chi connectivity index (χ1v) is 9.32. The second-order valence-corrected chi connectivity index (χ2v) is 7.47. The molecule has 0 saturated heterocycles. The van der Waals surface area contributed by atoms with Gasteiger partial charge >= 0.3 is 5.97 Å². The number of esters is 1. The Kier molecular flexibility index (Phi) is 4.41. The topological polar surface area (TPSA) is 81.5 Å². The van der Waals surface area contributed by atoms with Gasteiger partial charge in [-0.25, -0.2) is 4.79 Å². The Bertz CT molecular complexity index is 995. The summed E-state index contributed by atoms with van der Waals surface area (Å²) in [5.41, 5.74) is 5.30. The van der Waals surface area contributed by atoms with E-state index in [1.807, 2.05) is 26.0 Å². The number of nitrogens with one attached hydrogen (secondary N) is 1. The first kappa shape index (κ1) is 18.2. The maximum Gasteiger partial charge on any atom is 0.337 e. The van der Waals surface area contributed by atoms with Crippen molar-refractivity contribution in [3.8, 4) is 0 Å². The van der Waals surface area contributed by atoms with Crippen molar-refractivity contribution in [2.75, 3.05) is 12.4 Å². The first-order chi connectivity index (χ1) is 13.4. The van der Waals surface area contributed by atoms with E-state index in [4.69, 9.17) is 4.74 Å². The van der Waals surface area contributed by atoms with E-state index in [0.29, 0.717) is 11.3 Å². The van der Waals surface area contributed by atoms with Crippen LogP contribution in [0.5, 0.6) is 0 Å². The molecule has 0 saturated carbocycles. The van der Waals surface area contributed by atoms with Gasteiger partial charge in [0.25, 0.3) is 5.69 Å². The number of ether oxygens (including phenoxy) is 1. The molecule has 6 nitrogen and oxygen atoms in total. The van der Waals surface area contributed by atoms with Crippen molar-refractivity contribution < 1.29 is 14.5 Å². The molecule has 2 aromatic rings. The van der Waals surface area contributed by atoms with Crippen molar-refractivity contribution >= 4 is 17.3 Å². The number of anilines is 1. The second kappa shape index (κ2) is 6.78. The molecule has 144 valence electrons. The predicted octanol–water partition coefficient (Wildman–Crippen LogP) is 4.82. The van der Waals surface area contributed by atoms with Gasteiger partial charge in [-0.15, -0.1) is 0 Å². The number of fused-ring (bicyclic) bond motifs is 3. The molecule has 1 aliphatic heterocycles. The molecule has 0 radical (unpaired) electrons. The van der Waals surface area contributed by atoms with Gasteiger partial charge < -0.3 is 10.1 Å². The molecular formula is C22H22N2O4. The molecule has 6 heteroatoms. The van der Waals surface area contributed by atoms with Crippen LogP contribution in [0.1, 0.15) is 51.0 Å². The summed E-state index contributed by atoms with van der Waals surface area (Å²) in [6.07, 6.45) is 5.24. The Morgan fingerprint density at radius 3 is 2.61 bits per heavy atom. The van der Waals surface area contributed by atoms with E-state index in [-0.39, 0.29) is 34.5 Å². The lowest BCUT2D eigenvalue weighted by Crippen LogP contribution is -2.30. The third-order valence-corrected chi connectivity index (χ3v) is 6.04. The molecule has 1 N–H and O–H groups in total. The van der Waals surface area contributed by atoms with Gasteiger partial charge in [0.15, 0.2) is 0 Å². The Balaban J connectivity index is 1.81. The standard InChI is InChI=1S/C22H22N2O4/c1-12-11-18(24(26)27)21-19(13(12)2)16-5-4-6-17(16)20(23-21)14-7-9-15(10-8-14)22(25)28-3/h4-5,7-11,16-17,20,23H,6H2,1-3H3/t16?,17?,20-/m1/s1. The number of aryl methyl sites for hydroxylation is 1. The van der Waals surface area contributed by atoms with Gasteiger partial charge in [0.1, 0.15) is 5.69 Å². The van der Waals surface area contributed by atoms with Crippen molar-refractivity contribution in [1.29, 1.82) is 0 Å². The quantitative estimate of drug-likeness (QED) is 0.358. The zero-order valence-corrected chi connectivity index (χ0v) is 16.1. The van der Waals surface area contributed by atoms with Gasteiger partial charge in [0.2, 0.25) is 0 Å². The summed E-state index contributed by atoms with van der Waals surface area (Å²) in [6.45, 7) is 3.96. The summed E-state index contributed by atoms with van der Waals surface area (Å²) < 4.78 is 4.76. The van der Waals surface area contributed by atoms with Crippen molar-refractivity contribution in [2.24, 2.45) is 5.92 Å². The van der Waals surface area contributed by atoms with E-state index >= 15 is 0 Å². The number of nitrogens with zero attached hydrogens (tertiary/aromatic N) is 1. The molecule has 1 heterocycles. The smallest absolute Gasteiger partial charge is 0.337 e. The van der Waals surface area contributed by atoms with Gasteiger partial charge in [-0.1, -0.05) is 24.3 Å². The largest absolute Gasteiger partial charge is 0.465 e. The molecule has 0 aromatic heterocycles. The van der Waals surface area contributed by atoms with Crippen LogP contribution >= 0.6 is 0 Å². The minimum atomic E-state index is -0.379. The summed E-state index contributed by atoms with van der Waals surface area (Å²) in [5.74, 6) is 0.0346. The van der Waals surface area contributed by atoms with E-state index in [0.717, 1.165) is 28.7 Å². The van der Waals surface area contributed by atoms with Gasteiger partial charge in [-0.3, -0.25) is 10.1 Å². The van der Waals surface area contributed by atoms with Gasteiger partial charge in [0, 0.05) is 12.0 Å². The SMILES string of the molecule is COC(=O)c1ccc([C@H]2Nc3c([N+](=O)[O-])cc(C)c(C)c3C3C=CCC32)cc1. The minimum Gasteiger partial charge on any atom is -0.465 e. The second-order valence-electron chi connectivity index (χ2n) is 7.47. The molecule has 0 bridgehead atoms. The Labute approximate surface area is 163 Å². The first-order valence-electron chi connectivity index (χ1n) is 9.32. The Morgan fingerprint density at radius 2 is 1.96 bits per heavy atom. The molecule has 28 heavy (non-hydrogen) atoms. The lowest BCUT2D eigenvalue weighted by molar-refractivity contribution is -0.384. The maximum absolute atomic E-state index is 11.7. The zero-order chi connectivity index (χ0) is 20.0. The van der Waals surface area contributed by atoms with Crippen LogP contribution in [0.2, 0.25) is 0 Å². The normalized spacial score (nSPS) is 22.2. The van der Waals surface area contributed by atoms with E-state index < -0.39 is 0 Å². The molecule has 2 aliphatic rings. The fourth-order valence-corrected chi connectivity index (χ4v) is 4.50. The number of hydrogen-bond donors (Lipinski definition) is 1. The number of benzene rings is 2. The number of rotatable bonds is 3. The van der Waals surface area contributed by atoms with Crippen molar-refractivity contribution in [3.63, 3.8) is 0 Å². The van der Waals surface area contributed by atoms with Crippen molar-refractivity contribution in [1.82, 2.24) is 0 Å². The van der Waals surface area contributed by atoms with Crippen molar-refractivity contribution in [2.45, 2.75) is 32.2 Å². The van der Waals surface area contributed by atoms with Crippen LogP contribution in [0.3, 0.4) is 0 Å². The van der Waals surface area contributed by atoms with Crippen LogP contribution in [0.15, 0.2) is 42.5 Å². The molecule has 4 rings (SSSR count). The highest BCUT2D eigenvalue weighted by Gasteiger charge is 2.41. The summed E-state index contributed by atoms with van der Waals surface area (Å²) in [5, 5.41) is 15.2. The predicted molar refractivity (Wildman–Crippen MR) is 107 cm³/mol. The average Bonchev–Trinajstić information content (AvgIpc) is 3.18. The van der Waals surface area contributed by atoms with Crippen LogP contribution in [-0.2, 0) is 4.74 Å². The summed E-state index contributed by atoms with van der Waals surface area (Å²) in [6, 6.07) is 8.86. The highest BCUT2D eigenvalue weighted by atomic mass is 16.6. The highest BCUT2D eigenvalue weighted by Crippen LogP contribution is 2.53. The van der Waals surface area contributed by atoms with E-state index in [2.05, 4.69) is 17.5 Å². The van der Waals surface area contributed by atoms with Crippen LogP contribution < -0.4 is 5.32 Å². The summed E-state index contributed by atoms with van der Waals surface area (Å²) in [4.78, 5) is 23.1. The van der Waals surface area contributed by atoms with E-state index in [1.165, 1.54) is 7.11 Å². The monoisotopic (exact) mass is 378 g/mol. The third kappa shape index (κ3) is 2.76. The molecule has 3 atom stereocenters. The number of carbonyl (C=O) groups is 1. The molecule has 0 spiro atoms.